The van der Waals surface area contributed by atoms with Crippen molar-refractivity contribution in [1.82, 2.24) is 0 Å². The van der Waals surface area contributed by atoms with Crippen LogP contribution < -0.4 is 10.6 Å². The van der Waals surface area contributed by atoms with Crippen LogP contribution in [0.15, 0.2) is 72.6 Å². The average Bonchev–Trinajstić information content (AvgIpc) is 2.50. The van der Waals surface area contributed by atoms with E-state index in [4.69, 9.17) is 0 Å². The topological polar surface area (TPSA) is 0 Å². The molecule has 0 aliphatic carbocycles. The lowest BCUT2D eigenvalue weighted by Crippen LogP contribution is -2.12. The fourth-order valence-corrected chi connectivity index (χ4v) is 4.71. The Balaban J connectivity index is 2.23. The molecule has 2 aromatic carbocycles. The van der Waals surface area contributed by atoms with Gasteiger partial charge in [-0.25, -0.2) is 0 Å². The minimum atomic E-state index is -0.423. The molecule has 0 spiro atoms. The largest absolute Gasteiger partial charge is 0.0947 e. The quantitative estimate of drug-likeness (QED) is 0.483. The molecule has 1 heteroatoms. The summed E-state index contributed by atoms with van der Waals surface area (Å²) in [6.07, 6.45) is 4.96. The molecule has 0 aromatic heterocycles. The van der Waals surface area contributed by atoms with Gasteiger partial charge in [0, 0.05) is 0 Å². The first-order chi connectivity index (χ1) is 9.83. The van der Waals surface area contributed by atoms with Crippen LogP contribution >= 0.6 is 7.92 Å². The van der Waals surface area contributed by atoms with Crippen molar-refractivity contribution < 1.29 is 0 Å². The van der Waals surface area contributed by atoms with Gasteiger partial charge in [0.05, 0.1) is 0 Å². The van der Waals surface area contributed by atoms with Crippen LogP contribution in [0.1, 0.15) is 32.6 Å². The van der Waals surface area contributed by atoms with Crippen molar-refractivity contribution in [2.24, 2.45) is 0 Å². The monoisotopic (exact) mass is 282 g/mol. The molecule has 0 amide bonds. The molecule has 0 bridgehead atoms. The van der Waals surface area contributed by atoms with E-state index in [-0.39, 0.29) is 0 Å². The summed E-state index contributed by atoms with van der Waals surface area (Å²) in [4.78, 5) is 0. The fraction of sp³-hybridized carbons (Fsp3) is 0.263. The van der Waals surface area contributed by atoms with Crippen molar-refractivity contribution in [1.29, 1.82) is 0 Å². The van der Waals surface area contributed by atoms with Gasteiger partial charge in [-0.05, 0) is 36.7 Å². The third kappa shape index (κ3) is 4.05. The molecule has 0 heterocycles. The molecule has 104 valence electrons. The summed E-state index contributed by atoms with van der Waals surface area (Å²) in [6, 6.07) is 21.7. The number of hydrogen-bond donors (Lipinski definition) is 0. The minimum absolute atomic E-state index is 0.423. The third-order valence-electron chi connectivity index (χ3n) is 3.41. The van der Waals surface area contributed by atoms with Crippen LogP contribution in [0.2, 0.25) is 0 Å². The van der Waals surface area contributed by atoms with E-state index in [1.54, 1.807) is 0 Å². The molecule has 0 saturated heterocycles. The molecule has 2 rings (SSSR count). The van der Waals surface area contributed by atoms with Gasteiger partial charge in [0.1, 0.15) is 0 Å². The number of hydrogen-bond acceptors (Lipinski definition) is 0. The van der Waals surface area contributed by atoms with Crippen molar-refractivity contribution in [3.05, 3.63) is 72.6 Å². The van der Waals surface area contributed by atoms with Gasteiger partial charge in [-0.1, -0.05) is 87.0 Å². The zero-order valence-electron chi connectivity index (χ0n) is 12.3. The van der Waals surface area contributed by atoms with Crippen molar-refractivity contribution >= 4 is 18.5 Å². The molecule has 0 saturated carbocycles. The molecule has 0 aliphatic heterocycles. The zero-order valence-corrected chi connectivity index (χ0v) is 13.2. The highest BCUT2D eigenvalue weighted by atomic mass is 31.1. The first-order valence-electron chi connectivity index (χ1n) is 7.41. The molecule has 20 heavy (non-hydrogen) atoms. The van der Waals surface area contributed by atoms with Gasteiger partial charge in [0.2, 0.25) is 0 Å². The van der Waals surface area contributed by atoms with Crippen LogP contribution in [0.25, 0.3) is 0 Å². The first kappa shape index (κ1) is 15.0. The molecule has 0 fully saturated rings. The van der Waals surface area contributed by atoms with Crippen molar-refractivity contribution in [2.75, 3.05) is 0 Å². The smallest absolute Gasteiger partial charge is 0.0154 e. The van der Waals surface area contributed by atoms with E-state index in [0.717, 1.165) is 6.42 Å². The van der Waals surface area contributed by atoms with E-state index in [9.17, 15) is 0 Å². The molecule has 0 N–H and O–H groups in total. The van der Waals surface area contributed by atoms with Gasteiger partial charge in [-0.15, -0.1) is 0 Å². The third-order valence-corrected chi connectivity index (χ3v) is 5.90. The Morgan fingerprint density at radius 2 is 1.35 bits per heavy atom. The second-order valence-electron chi connectivity index (χ2n) is 5.03. The first-order valence-corrected chi connectivity index (χ1v) is 8.75. The van der Waals surface area contributed by atoms with Gasteiger partial charge >= 0.3 is 0 Å². The van der Waals surface area contributed by atoms with Crippen LogP contribution in [-0.2, 0) is 0 Å². The molecular weight excluding hydrogens is 259 g/mol. The molecule has 0 unspecified atom stereocenters. The Morgan fingerprint density at radius 3 is 1.80 bits per heavy atom. The molecular formula is C19H23P. The highest BCUT2D eigenvalue weighted by Crippen LogP contribution is 2.44. The predicted molar refractivity (Wildman–Crippen MR) is 92.4 cm³/mol. The standard InChI is InChI=1S/C19H23P/c1-3-4-7-12-17(2)20(18-13-8-5-9-14-18)19-15-10-6-11-16-19/h5-6,8-11,13-16H,2-4,7,12H2,1H3. The van der Waals surface area contributed by atoms with Crippen LogP contribution in [-0.4, -0.2) is 0 Å². The molecule has 0 radical (unpaired) electrons. The predicted octanol–water partition coefficient (Wildman–Crippen LogP) is 5.21. The molecule has 0 aliphatic rings. The van der Waals surface area contributed by atoms with E-state index in [1.807, 2.05) is 0 Å². The molecule has 0 nitrogen and oxygen atoms in total. The summed E-state index contributed by atoms with van der Waals surface area (Å²) < 4.78 is 0. The summed E-state index contributed by atoms with van der Waals surface area (Å²) in [7, 11) is -0.423. The Bertz CT molecular complexity index is 476. The molecule has 2 aromatic rings. The second kappa shape index (κ2) is 8.02. The number of rotatable bonds is 7. The summed E-state index contributed by atoms with van der Waals surface area (Å²) in [6.45, 7) is 6.66. The Labute approximate surface area is 124 Å². The number of benzene rings is 2. The highest BCUT2D eigenvalue weighted by molar-refractivity contribution is 7.76. The van der Waals surface area contributed by atoms with Crippen LogP contribution in [0.5, 0.6) is 0 Å². The normalized spacial score (nSPS) is 10.7. The average molecular weight is 282 g/mol. The van der Waals surface area contributed by atoms with Crippen molar-refractivity contribution in [3.63, 3.8) is 0 Å². The maximum absolute atomic E-state index is 4.41. The fourth-order valence-electron chi connectivity index (χ4n) is 2.36. The number of unbranched alkanes of at least 4 members (excludes halogenated alkanes) is 2. The summed E-state index contributed by atoms with van der Waals surface area (Å²) in [5.74, 6) is 0. The molecule has 0 atom stereocenters. The van der Waals surface area contributed by atoms with Crippen molar-refractivity contribution in [3.8, 4) is 0 Å². The number of allylic oxidation sites excluding steroid dienone is 1. The van der Waals surface area contributed by atoms with E-state index < -0.39 is 7.92 Å². The summed E-state index contributed by atoms with van der Waals surface area (Å²) in [5, 5.41) is 4.22. The summed E-state index contributed by atoms with van der Waals surface area (Å²) >= 11 is 0. The van der Waals surface area contributed by atoms with Crippen LogP contribution in [0.3, 0.4) is 0 Å². The lowest BCUT2D eigenvalue weighted by molar-refractivity contribution is 0.726. The van der Waals surface area contributed by atoms with Gasteiger partial charge in [0.15, 0.2) is 0 Å². The lowest BCUT2D eigenvalue weighted by atomic mass is 10.2. The highest BCUT2D eigenvalue weighted by Gasteiger charge is 2.16. The Kier molecular flexibility index (Phi) is 6.02. The summed E-state index contributed by atoms with van der Waals surface area (Å²) in [5.41, 5.74) is 0. The van der Waals surface area contributed by atoms with Gasteiger partial charge in [0.25, 0.3) is 0 Å². The van der Waals surface area contributed by atoms with E-state index in [1.165, 1.54) is 35.2 Å². The Hall–Kier alpha value is -1.39. The van der Waals surface area contributed by atoms with Crippen molar-refractivity contribution in [2.45, 2.75) is 32.6 Å². The van der Waals surface area contributed by atoms with Crippen LogP contribution in [0.4, 0.5) is 0 Å². The van der Waals surface area contributed by atoms with E-state index in [0.29, 0.717) is 0 Å². The van der Waals surface area contributed by atoms with E-state index in [2.05, 4.69) is 74.2 Å². The second-order valence-corrected chi connectivity index (χ2v) is 7.37. The van der Waals surface area contributed by atoms with Gasteiger partial charge < -0.3 is 0 Å². The maximum atomic E-state index is 4.41. The van der Waals surface area contributed by atoms with E-state index >= 15 is 0 Å². The maximum Gasteiger partial charge on any atom is -0.0154 e. The minimum Gasteiger partial charge on any atom is -0.0947 e. The zero-order chi connectivity index (χ0) is 14.2. The van der Waals surface area contributed by atoms with Gasteiger partial charge in [-0.3, -0.25) is 0 Å². The Morgan fingerprint density at radius 1 is 0.850 bits per heavy atom. The SMILES string of the molecule is C=C(CCCCC)P(c1ccccc1)c1ccccc1. The van der Waals surface area contributed by atoms with Gasteiger partial charge in [-0.2, -0.15) is 0 Å². The lowest BCUT2D eigenvalue weighted by Gasteiger charge is -2.21. The van der Waals surface area contributed by atoms with Crippen LogP contribution in [0, 0.1) is 0 Å².